The first-order chi connectivity index (χ1) is 21.5. The van der Waals surface area contributed by atoms with Gasteiger partial charge in [-0.25, -0.2) is 13.1 Å². The highest BCUT2D eigenvalue weighted by Crippen LogP contribution is 2.28. The van der Waals surface area contributed by atoms with Gasteiger partial charge < -0.3 is 4.74 Å². The molecule has 0 N–H and O–H groups in total. The molecular formula is C32H26N6O4S2. The molecule has 0 atom stereocenters. The van der Waals surface area contributed by atoms with E-state index in [1.54, 1.807) is 35.0 Å². The summed E-state index contributed by atoms with van der Waals surface area (Å²) in [6.45, 7) is 1.33. The minimum absolute atomic E-state index is 0.177. The lowest BCUT2D eigenvalue weighted by Gasteiger charge is -2.26. The van der Waals surface area contributed by atoms with E-state index in [0.717, 1.165) is 11.3 Å². The molecule has 220 valence electrons. The summed E-state index contributed by atoms with van der Waals surface area (Å²) < 4.78 is 37.1. The molecule has 3 aromatic heterocycles. The number of nitrogens with zero attached hydrogens (tertiary/aromatic N) is 6. The van der Waals surface area contributed by atoms with Gasteiger partial charge in [-0.15, -0.1) is 5.10 Å². The van der Waals surface area contributed by atoms with Crippen molar-refractivity contribution in [1.82, 2.24) is 28.7 Å². The SMILES string of the molecule is O=c1/c(=C/c2cn(-c3ccccc3)nc2-c2cccc(S(=O)(=O)N3CCOCC3)c2)sc2nc(/C=C/c3ccccc3)nn12. The second-order valence-corrected chi connectivity index (χ2v) is 13.0. The molecule has 0 bridgehead atoms. The Hall–Kier alpha value is -4.75. The Kier molecular flexibility index (Phi) is 7.48. The van der Waals surface area contributed by atoms with Crippen LogP contribution in [0.1, 0.15) is 17.0 Å². The van der Waals surface area contributed by atoms with Crippen LogP contribution < -0.4 is 10.1 Å². The Morgan fingerprint density at radius 2 is 1.61 bits per heavy atom. The molecule has 1 fully saturated rings. The molecule has 44 heavy (non-hydrogen) atoms. The van der Waals surface area contributed by atoms with Crippen molar-refractivity contribution in [3.05, 3.63) is 123 Å². The Bertz CT molecular complexity index is 2200. The molecule has 0 aliphatic carbocycles. The van der Waals surface area contributed by atoms with E-state index in [2.05, 4.69) is 10.1 Å². The van der Waals surface area contributed by atoms with Crippen molar-refractivity contribution in [2.24, 2.45) is 0 Å². The van der Waals surface area contributed by atoms with Crippen LogP contribution in [0.15, 0.2) is 101 Å². The molecule has 0 unspecified atom stereocenters. The minimum Gasteiger partial charge on any atom is -0.379 e. The van der Waals surface area contributed by atoms with E-state index >= 15 is 0 Å². The summed E-state index contributed by atoms with van der Waals surface area (Å²) in [4.78, 5) is 18.6. The maximum absolute atomic E-state index is 13.4. The predicted octanol–water partition coefficient (Wildman–Crippen LogP) is 3.74. The van der Waals surface area contributed by atoms with Gasteiger partial charge >= 0.3 is 0 Å². The summed E-state index contributed by atoms with van der Waals surface area (Å²) in [5.74, 6) is 0.444. The standard InChI is InChI=1S/C32H26N6O4S2/c39-31-28(43-32-33-29(34-38(31)32)15-14-23-8-3-1-4-9-23)21-25-22-37(26-11-5-2-6-12-26)35-30(25)24-10-7-13-27(20-24)44(40,41)36-16-18-42-19-17-36/h1-15,20-22H,16-19H2/b15-14+,28-21-. The molecule has 0 saturated carbocycles. The van der Waals surface area contributed by atoms with E-state index in [1.165, 1.54) is 20.2 Å². The van der Waals surface area contributed by atoms with E-state index in [1.807, 2.05) is 79.0 Å². The maximum Gasteiger partial charge on any atom is 0.291 e. The van der Waals surface area contributed by atoms with Gasteiger partial charge in [-0.05, 0) is 42.0 Å². The number of benzene rings is 3. The van der Waals surface area contributed by atoms with Crippen molar-refractivity contribution in [2.45, 2.75) is 4.90 Å². The van der Waals surface area contributed by atoms with Gasteiger partial charge in [0.15, 0.2) is 5.82 Å². The van der Waals surface area contributed by atoms with Gasteiger partial charge in [-0.2, -0.15) is 18.9 Å². The molecule has 7 rings (SSSR count). The lowest BCUT2D eigenvalue weighted by atomic mass is 10.1. The van der Waals surface area contributed by atoms with Crippen LogP contribution in [0.25, 0.3) is 40.1 Å². The second-order valence-electron chi connectivity index (χ2n) is 10.1. The van der Waals surface area contributed by atoms with Gasteiger partial charge in [-0.3, -0.25) is 4.79 Å². The Labute approximate surface area is 256 Å². The van der Waals surface area contributed by atoms with Crippen molar-refractivity contribution < 1.29 is 13.2 Å². The molecule has 3 aromatic carbocycles. The highest BCUT2D eigenvalue weighted by molar-refractivity contribution is 7.89. The van der Waals surface area contributed by atoms with E-state index in [4.69, 9.17) is 9.84 Å². The van der Waals surface area contributed by atoms with Crippen LogP contribution in [0.5, 0.6) is 0 Å². The zero-order valence-electron chi connectivity index (χ0n) is 23.4. The van der Waals surface area contributed by atoms with Crippen LogP contribution >= 0.6 is 11.3 Å². The zero-order chi connectivity index (χ0) is 30.1. The third-order valence-corrected chi connectivity index (χ3v) is 10.0. The normalized spacial score (nSPS) is 15.0. The second kappa shape index (κ2) is 11.7. The largest absolute Gasteiger partial charge is 0.379 e. The quantitative estimate of drug-likeness (QED) is 0.267. The number of ether oxygens (including phenoxy) is 1. The van der Waals surface area contributed by atoms with Crippen molar-refractivity contribution in [2.75, 3.05) is 26.3 Å². The van der Waals surface area contributed by atoms with Crippen molar-refractivity contribution in [1.29, 1.82) is 0 Å². The zero-order valence-corrected chi connectivity index (χ0v) is 25.0. The van der Waals surface area contributed by atoms with Crippen LogP contribution in [-0.2, 0) is 14.8 Å². The number of thiazole rings is 1. The van der Waals surface area contributed by atoms with Crippen LogP contribution in [0, 0.1) is 0 Å². The molecule has 1 aliphatic rings. The summed E-state index contributed by atoms with van der Waals surface area (Å²) in [6.07, 6.45) is 7.26. The van der Waals surface area contributed by atoms with Gasteiger partial charge in [0.25, 0.3) is 5.56 Å². The number of hydrogen-bond donors (Lipinski definition) is 0. The van der Waals surface area contributed by atoms with Crippen molar-refractivity contribution >= 4 is 44.5 Å². The lowest BCUT2D eigenvalue weighted by Crippen LogP contribution is -2.40. The van der Waals surface area contributed by atoms with E-state index < -0.39 is 10.0 Å². The topological polar surface area (TPSA) is 112 Å². The molecule has 1 saturated heterocycles. The van der Waals surface area contributed by atoms with Gasteiger partial charge in [0.05, 0.1) is 28.3 Å². The van der Waals surface area contributed by atoms with Crippen LogP contribution in [0.3, 0.4) is 0 Å². The summed E-state index contributed by atoms with van der Waals surface area (Å²) in [5.41, 5.74) is 3.34. The highest BCUT2D eigenvalue weighted by atomic mass is 32.2. The summed E-state index contributed by atoms with van der Waals surface area (Å²) in [5, 5.41) is 9.24. The van der Waals surface area contributed by atoms with Gasteiger partial charge in [-0.1, -0.05) is 78.1 Å². The number of fused-ring (bicyclic) bond motifs is 1. The first-order valence-electron chi connectivity index (χ1n) is 13.9. The van der Waals surface area contributed by atoms with Crippen LogP contribution in [-0.4, -0.2) is 63.4 Å². The molecule has 1 aliphatic heterocycles. The predicted molar refractivity (Wildman–Crippen MR) is 170 cm³/mol. The number of para-hydroxylation sites is 1. The Morgan fingerprint density at radius 3 is 2.36 bits per heavy atom. The maximum atomic E-state index is 13.4. The fourth-order valence-electron chi connectivity index (χ4n) is 4.97. The first-order valence-corrected chi connectivity index (χ1v) is 16.2. The third kappa shape index (κ3) is 5.51. The van der Waals surface area contributed by atoms with Crippen molar-refractivity contribution in [3.8, 4) is 16.9 Å². The van der Waals surface area contributed by atoms with Gasteiger partial charge in [0.2, 0.25) is 15.0 Å². The number of hydrogen-bond acceptors (Lipinski definition) is 8. The van der Waals surface area contributed by atoms with Crippen molar-refractivity contribution in [3.63, 3.8) is 0 Å². The molecule has 0 spiro atoms. The average Bonchev–Trinajstić information content (AvgIpc) is 3.76. The number of sulfonamides is 1. The third-order valence-electron chi connectivity index (χ3n) is 7.19. The molecular weight excluding hydrogens is 597 g/mol. The van der Waals surface area contributed by atoms with Gasteiger partial charge in [0, 0.05) is 30.4 Å². The lowest BCUT2D eigenvalue weighted by molar-refractivity contribution is 0.0730. The van der Waals surface area contributed by atoms with E-state index in [0.29, 0.717) is 58.4 Å². The fraction of sp³-hybridized carbons (Fsp3) is 0.125. The Balaban J connectivity index is 1.30. The first kappa shape index (κ1) is 28.0. The average molecular weight is 623 g/mol. The Morgan fingerprint density at radius 1 is 0.864 bits per heavy atom. The molecule has 4 heterocycles. The smallest absolute Gasteiger partial charge is 0.291 e. The molecule has 0 radical (unpaired) electrons. The number of rotatable bonds is 7. The molecule has 10 nitrogen and oxygen atoms in total. The number of aromatic nitrogens is 5. The number of morpholine rings is 1. The van der Waals surface area contributed by atoms with Crippen LogP contribution in [0.4, 0.5) is 0 Å². The minimum atomic E-state index is -3.72. The van der Waals surface area contributed by atoms with E-state index in [-0.39, 0.29) is 10.5 Å². The van der Waals surface area contributed by atoms with E-state index in [9.17, 15) is 13.2 Å². The molecule has 6 aromatic rings. The monoisotopic (exact) mass is 622 g/mol. The van der Waals surface area contributed by atoms with Gasteiger partial charge in [0.1, 0.15) is 5.69 Å². The molecule has 12 heteroatoms. The molecule has 0 amide bonds. The summed E-state index contributed by atoms with van der Waals surface area (Å²) >= 11 is 1.23. The fourth-order valence-corrected chi connectivity index (χ4v) is 7.33. The summed E-state index contributed by atoms with van der Waals surface area (Å²) in [6, 6.07) is 26.1. The summed E-state index contributed by atoms with van der Waals surface area (Å²) in [7, 11) is -3.72. The van der Waals surface area contributed by atoms with Crippen LogP contribution in [0.2, 0.25) is 0 Å². The highest BCUT2D eigenvalue weighted by Gasteiger charge is 2.27.